The number of nitrogens with zero attached hydrogens (tertiary/aromatic N) is 1. The Morgan fingerprint density at radius 1 is 1.39 bits per heavy atom. The number of hydrogen-bond donors (Lipinski definition) is 4. The summed E-state index contributed by atoms with van der Waals surface area (Å²) in [5.74, 6) is 0.0286. The molecule has 0 spiro atoms. The molecule has 6 heteroatoms. The van der Waals surface area contributed by atoms with Crippen LogP contribution < -0.4 is 16.6 Å². The maximum absolute atomic E-state index is 11.6. The summed E-state index contributed by atoms with van der Waals surface area (Å²) in [5, 5.41) is 16.7. The number of aromatic amines is 1. The molecule has 92 valence electrons. The van der Waals surface area contributed by atoms with E-state index < -0.39 is 0 Å². The van der Waals surface area contributed by atoms with Crippen molar-refractivity contribution < 1.29 is 0 Å². The molecule has 18 heavy (non-hydrogen) atoms. The Balaban J connectivity index is 2.28. The van der Waals surface area contributed by atoms with E-state index >= 15 is 0 Å². The molecule has 0 saturated heterocycles. The molecule has 6 nitrogen and oxygen atoms in total. The first kappa shape index (κ1) is 11.8. The monoisotopic (exact) mass is 243 g/mol. The highest BCUT2D eigenvalue weighted by molar-refractivity contribution is 6.06. The van der Waals surface area contributed by atoms with Crippen LogP contribution in [-0.2, 0) is 0 Å². The number of benzene rings is 1. The molecule has 0 atom stereocenters. The van der Waals surface area contributed by atoms with Gasteiger partial charge in [-0.15, -0.1) is 0 Å². The molecule has 0 fully saturated rings. The molecular weight excluding hydrogens is 230 g/mol. The third-order valence-corrected chi connectivity index (χ3v) is 2.48. The van der Waals surface area contributed by atoms with Gasteiger partial charge < -0.3 is 11.1 Å². The highest BCUT2D eigenvalue weighted by Crippen LogP contribution is 2.11. The van der Waals surface area contributed by atoms with Crippen LogP contribution in [0.25, 0.3) is 0 Å². The second kappa shape index (κ2) is 4.70. The molecule has 0 aliphatic rings. The topological polar surface area (TPSA) is 108 Å². The number of aryl methyl sites for hydroxylation is 1. The first-order chi connectivity index (χ1) is 8.58. The van der Waals surface area contributed by atoms with Crippen LogP contribution in [0.4, 0.5) is 11.4 Å². The van der Waals surface area contributed by atoms with Crippen LogP contribution in [-0.4, -0.2) is 16.0 Å². The van der Waals surface area contributed by atoms with Gasteiger partial charge in [0.15, 0.2) is 0 Å². The van der Waals surface area contributed by atoms with Gasteiger partial charge in [0.1, 0.15) is 5.84 Å². The summed E-state index contributed by atoms with van der Waals surface area (Å²) in [4.78, 5) is 11.6. The van der Waals surface area contributed by atoms with E-state index in [4.69, 9.17) is 11.1 Å². The molecule has 1 aromatic carbocycles. The van der Waals surface area contributed by atoms with Gasteiger partial charge in [-0.1, -0.05) is 0 Å². The van der Waals surface area contributed by atoms with Gasteiger partial charge in [-0.25, -0.2) is 5.10 Å². The second-order valence-corrected chi connectivity index (χ2v) is 3.88. The van der Waals surface area contributed by atoms with E-state index in [-0.39, 0.29) is 17.0 Å². The molecule has 0 unspecified atom stereocenters. The van der Waals surface area contributed by atoms with Gasteiger partial charge in [-0.2, -0.15) is 5.10 Å². The van der Waals surface area contributed by atoms with Gasteiger partial charge in [0, 0.05) is 11.4 Å². The highest BCUT2D eigenvalue weighted by Gasteiger charge is 2.10. The van der Waals surface area contributed by atoms with Gasteiger partial charge in [-0.05, 0) is 36.8 Å². The third kappa shape index (κ3) is 2.37. The van der Waals surface area contributed by atoms with Crippen molar-refractivity contribution in [2.75, 3.05) is 11.1 Å². The number of nitrogens with one attached hydrogen (secondary N) is 3. The van der Waals surface area contributed by atoms with Crippen LogP contribution in [0, 0.1) is 12.3 Å². The van der Waals surface area contributed by atoms with Crippen LogP contribution in [0.5, 0.6) is 0 Å². The molecule has 1 aromatic heterocycles. The lowest BCUT2D eigenvalue weighted by atomic mass is 10.1. The molecule has 0 amide bonds. The van der Waals surface area contributed by atoms with E-state index in [0.717, 1.165) is 0 Å². The lowest BCUT2D eigenvalue weighted by Gasteiger charge is -2.09. The Morgan fingerprint density at radius 2 is 2.06 bits per heavy atom. The molecule has 0 aliphatic carbocycles. The number of H-pyrrole nitrogens is 1. The summed E-state index contributed by atoms with van der Waals surface area (Å²) < 4.78 is 0. The largest absolute Gasteiger partial charge is 0.399 e. The average Bonchev–Trinajstić information content (AvgIpc) is 2.32. The molecule has 5 N–H and O–H groups in total. The van der Waals surface area contributed by atoms with Gasteiger partial charge in [0.2, 0.25) is 0 Å². The number of amidine groups is 1. The second-order valence-electron chi connectivity index (χ2n) is 3.88. The van der Waals surface area contributed by atoms with Crippen molar-refractivity contribution in [3.8, 4) is 0 Å². The Bertz CT molecular complexity index is 630. The molecule has 0 bridgehead atoms. The van der Waals surface area contributed by atoms with Crippen LogP contribution in [0.3, 0.4) is 0 Å². The van der Waals surface area contributed by atoms with E-state index in [9.17, 15) is 4.79 Å². The summed E-state index contributed by atoms with van der Waals surface area (Å²) >= 11 is 0. The molecule has 1 heterocycles. The van der Waals surface area contributed by atoms with E-state index in [0.29, 0.717) is 16.9 Å². The number of nitrogen functional groups attached to an aromatic ring is 1. The Hall–Kier alpha value is -2.63. The smallest absolute Gasteiger partial charge is 0.275 e. The summed E-state index contributed by atoms with van der Waals surface area (Å²) in [5.41, 5.74) is 7.45. The highest BCUT2D eigenvalue weighted by atomic mass is 16.1. The normalized spacial score (nSPS) is 10.1. The van der Waals surface area contributed by atoms with Gasteiger partial charge in [-0.3, -0.25) is 10.2 Å². The third-order valence-electron chi connectivity index (χ3n) is 2.48. The first-order valence-electron chi connectivity index (χ1n) is 5.33. The first-order valence-corrected chi connectivity index (χ1v) is 5.33. The predicted octanol–water partition coefficient (Wildman–Crippen LogP) is 1.10. The zero-order chi connectivity index (χ0) is 13.1. The van der Waals surface area contributed by atoms with Crippen LogP contribution >= 0.6 is 0 Å². The van der Waals surface area contributed by atoms with E-state index in [1.165, 1.54) is 6.20 Å². The minimum Gasteiger partial charge on any atom is -0.399 e. The average molecular weight is 243 g/mol. The fourth-order valence-corrected chi connectivity index (χ4v) is 1.57. The van der Waals surface area contributed by atoms with Crippen LogP contribution in [0.1, 0.15) is 11.1 Å². The standard InChI is InChI=1S/C12H13N5O/c1-7-6-15-17-12(18)10(7)11(14)16-9-4-2-8(13)3-5-9/h2-6H,13H2,1H3,(H2,14,16)(H,17,18). The van der Waals surface area contributed by atoms with Gasteiger partial charge >= 0.3 is 0 Å². The van der Waals surface area contributed by atoms with Crippen molar-refractivity contribution in [1.29, 1.82) is 5.41 Å². The number of rotatable bonds is 2. The predicted molar refractivity (Wildman–Crippen MR) is 70.9 cm³/mol. The summed E-state index contributed by atoms with van der Waals surface area (Å²) in [7, 11) is 0. The summed E-state index contributed by atoms with van der Waals surface area (Å²) in [6.07, 6.45) is 1.51. The lowest BCUT2D eigenvalue weighted by Crippen LogP contribution is -2.25. The summed E-state index contributed by atoms with van der Waals surface area (Å²) in [6, 6.07) is 6.93. The number of aromatic nitrogens is 2. The van der Waals surface area contributed by atoms with E-state index in [1.807, 2.05) is 0 Å². The fraction of sp³-hybridized carbons (Fsp3) is 0.0833. The van der Waals surface area contributed by atoms with E-state index in [1.54, 1.807) is 31.2 Å². The van der Waals surface area contributed by atoms with Crippen molar-refractivity contribution in [2.24, 2.45) is 0 Å². The minimum atomic E-state index is -0.386. The zero-order valence-electron chi connectivity index (χ0n) is 9.82. The van der Waals surface area contributed by atoms with Crippen molar-refractivity contribution >= 4 is 17.2 Å². The van der Waals surface area contributed by atoms with Crippen molar-refractivity contribution in [3.63, 3.8) is 0 Å². The summed E-state index contributed by atoms with van der Waals surface area (Å²) in [6.45, 7) is 1.73. The number of nitrogens with two attached hydrogens (primary N) is 1. The minimum absolute atomic E-state index is 0.0286. The number of anilines is 2. The van der Waals surface area contributed by atoms with Gasteiger partial charge in [0.25, 0.3) is 5.56 Å². The van der Waals surface area contributed by atoms with Crippen molar-refractivity contribution in [3.05, 3.63) is 51.9 Å². The van der Waals surface area contributed by atoms with Crippen LogP contribution in [0.2, 0.25) is 0 Å². The maximum atomic E-state index is 11.6. The van der Waals surface area contributed by atoms with E-state index in [2.05, 4.69) is 15.5 Å². The fourth-order valence-electron chi connectivity index (χ4n) is 1.57. The molecule has 2 aromatic rings. The lowest BCUT2D eigenvalue weighted by molar-refractivity contribution is 0.966. The van der Waals surface area contributed by atoms with Crippen molar-refractivity contribution in [2.45, 2.75) is 6.92 Å². The molecule has 0 aliphatic heterocycles. The van der Waals surface area contributed by atoms with Gasteiger partial charge in [0.05, 0.1) is 11.8 Å². The maximum Gasteiger partial charge on any atom is 0.275 e. The Morgan fingerprint density at radius 3 is 2.67 bits per heavy atom. The zero-order valence-corrected chi connectivity index (χ0v) is 9.82. The molecular formula is C12H13N5O. The quantitative estimate of drug-likeness (QED) is 0.360. The van der Waals surface area contributed by atoms with Crippen molar-refractivity contribution in [1.82, 2.24) is 10.2 Å². The Kier molecular flexibility index (Phi) is 3.09. The molecule has 2 rings (SSSR count). The molecule has 0 radical (unpaired) electrons. The number of hydrogen-bond acceptors (Lipinski definition) is 4. The van der Waals surface area contributed by atoms with Crippen LogP contribution in [0.15, 0.2) is 35.3 Å². The SMILES string of the molecule is Cc1cn[nH]c(=O)c1C(=N)Nc1ccc(N)cc1. The molecule has 0 saturated carbocycles. The Labute approximate surface area is 103 Å².